The molecule has 0 aliphatic rings. The number of nitrogens with zero attached hydrogens (tertiary/aromatic N) is 2. The molecular formula is C5H5ClN2O3S. The van der Waals surface area contributed by atoms with Gasteiger partial charge in [0.05, 0.1) is 19.5 Å². The second-order valence-corrected chi connectivity index (χ2v) is 4.41. The molecule has 0 spiro atoms. The van der Waals surface area contributed by atoms with Crippen molar-refractivity contribution in [3.8, 4) is 6.01 Å². The molecule has 0 aliphatic heterocycles. The third kappa shape index (κ3) is 2.05. The van der Waals surface area contributed by atoms with Crippen LogP contribution < -0.4 is 4.74 Å². The van der Waals surface area contributed by atoms with E-state index in [-0.39, 0.29) is 10.9 Å². The minimum atomic E-state index is -3.74. The van der Waals surface area contributed by atoms with Crippen LogP contribution in [-0.2, 0) is 9.05 Å². The van der Waals surface area contributed by atoms with Crippen LogP contribution in [0.2, 0.25) is 0 Å². The SMILES string of the molecule is COc1ncc(S(=O)(=O)Cl)cn1. The molecule has 0 saturated heterocycles. The summed E-state index contributed by atoms with van der Waals surface area (Å²) in [5, 5.41) is 0. The van der Waals surface area contributed by atoms with Gasteiger partial charge in [-0.1, -0.05) is 0 Å². The van der Waals surface area contributed by atoms with Crippen LogP contribution in [0.15, 0.2) is 17.3 Å². The number of halogens is 1. The minimum Gasteiger partial charge on any atom is -0.467 e. The van der Waals surface area contributed by atoms with Crippen LogP contribution in [0.3, 0.4) is 0 Å². The van der Waals surface area contributed by atoms with E-state index < -0.39 is 9.05 Å². The molecule has 0 amide bonds. The van der Waals surface area contributed by atoms with Gasteiger partial charge in [0.1, 0.15) is 4.90 Å². The molecule has 0 fully saturated rings. The van der Waals surface area contributed by atoms with Crippen molar-refractivity contribution in [3.63, 3.8) is 0 Å². The summed E-state index contributed by atoms with van der Waals surface area (Å²) in [5.41, 5.74) is 0. The third-order valence-electron chi connectivity index (χ3n) is 1.07. The Bertz CT molecular complexity index is 361. The summed E-state index contributed by atoms with van der Waals surface area (Å²) in [6.07, 6.45) is 2.16. The summed E-state index contributed by atoms with van der Waals surface area (Å²) in [6, 6.07) is 0.0964. The molecule has 12 heavy (non-hydrogen) atoms. The highest BCUT2D eigenvalue weighted by molar-refractivity contribution is 8.13. The Morgan fingerprint density at radius 3 is 2.25 bits per heavy atom. The van der Waals surface area contributed by atoms with Gasteiger partial charge in [0.15, 0.2) is 0 Å². The lowest BCUT2D eigenvalue weighted by molar-refractivity contribution is 0.378. The van der Waals surface area contributed by atoms with Gasteiger partial charge in [0.2, 0.25) is 0 Å². The fraction of sp³-hybridized carbons (Fsp3) is 0.200. The van der Waals surface area contributed by atoms with Crippen LogP contribution in [0.4, 0.5) is 0 Å². The van der Waals surface area contributed by atoms with Gasteiger partial charge < -0.3 is 4.74 Å². The summed E-state index contributed by atoms with van der Waals surface area (Å²) in [6.45, 7) is 0. The second kappa shape index (κ2) is 3.24. The first-order chi connectivity index (χ1) is 5.54. The Balaban J connectivity index is 3.09. The average molecular weight is 209 g/mol. The molecule has 1 heterocycles. The van der Waals surface area contributed by atoms with E-state index in [4.69, 9.17) is 10.7 Å². The van der Waals surface area contributed by atoms with E-state index in [1.807, 2.05) is 0 Å². The van der Waals surface area contributed by atoms with Gasteiger partial charge in [-0.15, -0.1) is 0 Å². The predicted molar refractivity (Wildman–Crippen MR) is 41.6 cm³/mol. The van der Waals surface area contributed by atoms with Gasteiger partial charge in [0.25, 0.3) is 9.05 Å². The molecule has 0 bridgehead atoms. The van der Waals surface area contributed by atoms with E-state index in [0.717, 1.165) is 12.4 Å². The number of aromatic nitrogens is 2. The van der Waals surface area contributed by atoms with Crippen LogP contribution in [0.25, 0.3) is 0 Å². The Morgan fingerprint density at radius 2 is 1.92 bits per heavy atom. The zero-order valence-electron chi connectivity index (χ0n) is 6.06. The average Bonchev–Trinajstić information content (AvgIpc) is 2.03. The molecule has 0 saturated carbocycles. The molecule has 1 rings (SSSR count). The van der Waals surface area contributed by atoms with Gasteiger partial charge in [-0.2, -0.15) is 0 Å². The van der Waals surface area contributed by atoms with Crippen LogP contribution in [0.5, 0.6) is 6.01 Å². The number of rotatable bonds is 2. The van der Waals surface area contributed by atoms with Crippen molar-refractivity contribution in [2.45, 2.75) is 4.90 Å². The lowest BCUT2D eigenvalue weighted by Crippen LogP contribution is -1.96. The highest BCUT2D eigenvalue weighted by atomic mass is 35.7. The smallest absolute Gasteiger partial charge is 0.316 e. The Hall–Kier alpha value is -0.880. The highest BCUT2D eigenvalue weighted by Crippen LogP contribution is 2.12. The van der Waals surface area contributed by atoms with E-state index in [2.05, 4.69) is 14.7 Å². The fourth-order valence-corrected chi connectivity index (χ4v) is 1.13. The van der Waals surface area contributed by atoms with Gasteiger partial charge in [-0.25, -0.2) is 18.4 Å². The standard InChI is InChI=1S/C5H5ClN2O3S/c1-11-5-7-2-4(3-8-5)12(6,9)10/h2-3H,1H3. The number of hydrogen-bond donors (Lipinski definition) is 0. The molecule has 0 atom stereocenters. The van der Waals surface area contributed by atoms with Gasteiger partial charge in [-0.05, 0) is 0 Å². The van der Waals surface area contributed by atoms with Crippen LogP contribution in [-0.4, -0.2) is 25.5 Å². The highest BCUT2D eigenvalue weighted by Gasteiger charge is 2.10. The summed E-state index contributed by atoms with van der Waals surface area (Å²) in [7, 11) is 2.65. The van der Waals surface area contributed by atoms with Crippen LogP contribution >= 0.6 is 10.7 Å². The van der Waals surface area contributed by atoms with Gasteiger partial charge >= 0.3 is 6.01 Å². The minimum absolute atomic E-state index is 0.0964. The van der Waals surface area contributed by atoms with Crippen molar-refractivity contribution in [2.75, 3.05) is 7.11 Å². The normalized spacial score (nSPS) is 11.2. The topological polar surface area (TPSA) is 69.2 Å². The largest absolute Gasteiger partial charge is 0.467 e. The summed E-state index contributed by atoms with van der Waals surface area (Å²) in [4.78, 5) is 6.99. The van der Waals surface area contributed by atoms with Crippen molar-refractivity contribution >= 4 is 19.7 Å². The van der Waals surface area contributed by atoms with E-state index in [9.17, 15) is 8.42 Å². The number of hydrogen-bond acceptors (Lipinski definition) is 5. The summed E-state index contributed by atoms with van der Waals surface area (Å²) in [5.74, 6) is 0. The monoisotopic (exact) mass is 208 g/mol. The lowest BCUT2D eigenvalue weighted by Gasteiger charge is -1.96. The molecule has 0 unspecified atom stereocenters. The molecule has 1 aromatic rings. The predicted octanol–water partition coefficient (Wildman–Crippen LogP) is 0.413. The maximum atomic E-state index is 10.7. The fourth-order valence-electron chi connectivity index (χ4n) is 0.536. The molecule has 0 radical (unpaired) electrons. The Labute approximate surface area is 73.8 Å². The van der Waals surface area contributed by atoms with E-state index in [1.165, 1.54) is 7.11 Å². The van der Waals surface area contributed by atoms with Gasteiger partial charge in [-0.3, -0.25) is 0 Å². The molecule has 5 nitrogen and oxygen atoms in total. The molecule has 66 valence electrons. The maximum Gasteiger partial charge on any atom is 0.316 e. The first kappa shape index (κ1) is 9.21. The Morgan fingerprint density at radius 1 is 1.42 bits per heavy atom. The summed E-state index contributed by atoms with van der Waals surface area (Å²) >= 11 is 0. The van der Waals surface area contributed by atoms with Crippen LogP contribution in [0, 0.1) is 0 Å². The number of ether oxygens (including phenoxy) is 1. The maximum absolute atomic E-state index is 10.7. The third-order valence-corrected chi connectivity index (χ3v) is 2.38. The van der Waals surface area contributed by atoms with Crippen molar-refractivity contribution < 1.29 is 13.2 Å². The lowest BCUT2D eigenvalue weighted by atomic mass is 10.7. The first-order valence-electron chi connectivity index (χ1n) is 2.85. The van der Waals surface area contributed by atoms with Crippen molar-refractivity contribution in [2.24, 2.45) is 0 Å². The second-order valence-electron chi connectivity index (χ2n) is 1.84. The van der Waals surface area contributed by atoms with E-state index in [1.54, 1.807) is 0 Å². The summed E-state index contributed by atoms with van der Waals surface area (Å²) < 4.78 is 26.0. The molecule has 0 N–H and O–H groups in total. The zero-order valence-corrected chi connectivity index (χ0v) is 7.63. The van der Waals surface area contributed by atoms with Crippen LogP contribution in [0.1, 0.15) is 0 Å². The molecular weight excluding hydrogens is 204 g/mol. The zero-order chi connectivity index (χ0) is 9.19. The van der Waals surface area contributed by atoms with Crippen molar-refractivity contribution in [1.29, 1.82) is 0 Å². The number of methoxy groups -OCH3 is 1. The van der Waals surface area contributed by atoms with E-state index in [0.29, 0.717) is 0 Å². The van der Waals surface area contributed by atoms with E-state index >= 15 is 0 Å². The quantitative estimate of drug-likeness (QED) is 0.659. The molecule has 0 aromatic carbocycles. The van der Waals surface area contributed by atoms with Crippen molar-refractivity contribution in [1.82, 2.24) is 9.97 Å². The first-order valence-corrected chi connectivity index (χ1v) is 5.15. The van der Waals surface area contributed by atoms with Crippen molar-refractivity contribution in [3.05, 3.63) is 12.4 Å². The Kier molecular flexibility index (Phi) is 2.49. The molecule has 1 aromatic heterocycles. The molecule has 0 aliphatic carbocycles. The van der Waals surface area contributed by atoms with Gasteiger partial charge in [0, 0.05) is 10.7 Å². The molecule has 7 heteroatoms.